The normalized spacial score (nSPS) is 14.0. The Labute approximate surface area is 194 Å². The van der Waals surface area contributed by atoms with Crippen LogP contribution in [0.3, 0.4) is 0 Å². The summed E-state index contributed by atoms with van der Waals surface area (Å²) in [5, 5.41) is 5.99. The molecule has 1 aliphatic carbocycles. The minimum absolute atomic E-state index is 0.294. The number of nitrogens with one attached hydrogen (secondary N) is 3. The maximum atomic E-state index is 13.1. The van der Waals surface area contributed by atoms with Crippen molar-refractivity contribution in [3.63, 3.8) is 0 Å². The van der Waals surface area contributed by atoms with E-state index in [1.807, 2.05) is 42.5 Å². The van der Waals surface area contributed by atoms with Gasteiger partial charge in [-0.15, -0.1) is 0 Å². The Bertz CT molecular complexity index is 1490. The minimum atomic E-state index is -0.302. The number of pyridine rings is 1. The van der Waals surface area contributed by atoms with E-state index in [4.69, 9.17) is 4.98 Å². The fraction of sp³-hybridized carbons (Fsp3) is 0.0741. The van der Waals surface area contributed by atoms with Gasteiger partial charge >= 0.3 is 6.03 Å². The highest BCUT2D eigenvalue weighted by molar-refractivity contribution is 5.92. The SMILES string of the molecule is O=C(NCc1ccc(F)cc1)N[C@@H]1c2ccccc2-c2c(-c3nc4ccncc4[nH]3)cccc21. The number of imidazole rings is 1. The van der Waals surface area contributed by atoms with Crippen molar-refractivity contribution in [1.29, 1.82) is 0 Å². The van der Waals surface area contributed by atoms with Crippen LogP contribution in [0.2, 0.25) is 0 Å². The van der Waals surface area contributed by atoms with Gasteiger partial charge in [0.1, 0.15) is 11.6 Å². The number of carbonyl (C=O) groups excluding carboxylic acids is 1. The molecule has 1 atom stereocenters. The summed E-state index contributed by atoms with van der Waals surface area (Å²) < 4.78 is 13.1. The number of nitrogens with zero attached hydrogens (tertiary/aromatic N) is 2. The molecule has 2 amide bonds. The van der Waals surface area contributed by atoms with Gasteiger partial charge in [0, 0.05) is 18.3 Å². The lowest BCUT2D eigenvalue weighted by Gasteiger charge is -2.17. The quantitative estimate of drug-likeness (QED) is 0.347. The Morgan fingerprint density at radius 3 is 2.59 bits per heavy atom. The molecule has 6 nitrogen and oxygen atoms in total. The molecule has 34 heavy (non-hydrogen) atoms. The second-order valence-corrected chi connectivity index (χ2v) is 8.22. The van der Waals surface area contributed by atoms with Crippen molar-refractivity contribution in [3.05, 3.63) is 108 Å². The maximum Gasteiger partial charge on any atom is 0.315 e. The van der Waals surface area contributed by atoms with Crippen LogP contribution in [0.15, 0.2) is 85.2 Å². The lowest BCUT2D eigenvalue weighted by atomic mass is 9.99. The number of amides is 2. The first-order valence-corrected chi connectivity index (χ1v) is 11.0. The van der Waals surface area contributed by atoms with Gasteiger partial charge < -0.3 is 15.6 Å². The van der Waals surface area contributed by atoms with Crippen LogP contribution in [-0.4, -0.2) is 21.0 Å². The van der Waals surface area contributed by atoms with Crippen LogP contribution in [0.4, 0.5) is 9.18 Å². The van der Waals surface area contributed by atoms with Gasteiger partial charge in [-0.05, 0) is 46.0 Å². The van der Waals surface area contributed by atoms with E-state index in [-0.39, 0.29) is 17.9 Å². The zero-order valence-corrected chi connectivity index (χ0v) is 18.0. The van der Waals surface area contributed by atoms with E-state index in [0.29, 0.717) is 6.54 Å². The van der Waals surface area contributed by atoms with Gasteiger partial charge in [0.2, 0.25) is 0 Å². The first kappa shape index (κ1) is 20.1. The Hall–Kier alpha value is -4.52. The predicted molar refractivity (Wildman–Crippen MR) is 128 cm³/mol. The molecular weight excluding hydrogens is 429 g/mol. The summed E-state index contributed by atoms with van der Waals surface area (Å²) in [4.78, 5) is 25.1. The first-order valence-electron chi connectivity index (χ1n) is 11.0. The van der Waals surface area contributed by atoms with Crippen LogP contribution in [0.5, 0.6) is 0 Å². The highest BCUT2D eigenvalue weighted by atomic mass is 19.1. The van der Waals surface area contributed by atoms with Gasteiger partial charge in [0.25, 0.3) is 0 Å². The zero-order valence-electron chi connectivity index (χ0n) is 18.0. The van der Waals surface area contributed by atoms with Crippen molar-refractivity contribution < 1.29 is 9.18 Å². The number of carbonyl (C=O) groups is 1. The molecule has 0 unspecified atom stereocenters. The number of halogens is 1. The van der Waals surface area contributed by atoms with E-state index in [1.165, 1.54) is 12.1 Å². The van der Waals surface area contributed by atoms with Crippen LogP contribution in [0.25, 0.3) is 33.5 Å². The summed E-state index contributed by atoms with van der Waals surface area (Å²) in [7, 11) is 0. The van der Waals surface area contributed by atoms with Gasteiger partial charge in [-0.25, -0.2) is 14.2 Å². The molecule has 1 aliphatic rings. The Morgan fingerprint density at radius 1 is 0.941 bits per heavy atom. The van der Waals surface area contributed by atoms with Gasteiger partial charge in [-0.2, -0.15) is 0 Å². The summed E-state index contributed by atoms with van der Waals surface area (Å²) in [5.74, 6) is 0.458. The number of H-pyrrole nitrogens is 1. The number of benzene rings is 3. The van der Waals surface area contributed by atoms with Gasteiger partial charge in [-0.3, -0.25) is 4.98 Å². The second kappa shape index (κ2) is 8.12. The number of urea groups is 1. The van der Waals surface area contributed by atoms with Crippen LogP contribution >= 0.6 is 0 Å². The Balaban J connectivity index is 1.33. The number of aromatic amines is 1. The molecule has 0 bridgehead atoms. The molecule has 0 saturated carbocycles. The average molecular weight is 449 g/mol. The largest absolute Gasteiger partial charge is 0.337 e. The van der Waals surface area contributed by atoms with E-state index in [2.05, 4.69) is 26.7 Å². The first-order chi connectivity index (χ1) is 16.7. The monoisotopic (exact) mass is 449 g/mol. The van der Waals surface area contributed by atoms with E-state index >= 15 is 0 Å². The number of hydrogen-bond acceptors (Lipinski definition) is 3. The number of fused-ring (bicyclic) bond motifs is 4. The molecule has 0 saturated heterocycles. The van der Waals surface area contributed by atoms with Gasteiger partial charge in [-0.1, -0.05) is 54.6 Å². The van der Waals surface area contributed by atoms with E-state index in [0.717, 1.165) is 50.2 Å². The number of aromatic nitrogens is 3. The molecular formula is C27H20FN5O. The summed E-state index contributed by atoms with van der Waals surface area (Å²) in [5.41, 5.74) is 7.67. The van der Waals surface area contributed by atoms with Crippen molar-refractivity contribution >= 4 is 17.1 Å². The lowest BCUT2D eigenvalue weighted by molar-refractivity contribution is 0.238. The molecule has 0 radical (unpaired) electrons. The molecule has 166 valence electrons. The van der Waals surface area contributed by atoms with Crippen LogP contribution in [-0.2, 0) is 6.54 Å². The van der Waals surface area contributed by atoms with Crippen molar-refractivity contribution in [2.75, 3.05) is 0 Å². The standard InChI is InChI=1S/C27H20FN5O/c28-17-10-8-16(9-11-17)14-30-27(34)33-25-19-5-2-1-4-18(19)24-20(25)6-3-7-21(24)26-31-22-12-13-29-15-23(22)32-26/h1-13,15,25H,14H2,(H,31,32)(H2,30,33,34)/t25-/m1/s1. The molecule has 3 N–H and O–H groups in total. The second-order valence-electron chi connectivity index (χ2n) is 8.22. The van der Waals surface area contributed by atoms with Gasteiger partial charge in [0.15, 0.2) is 0 Å². The summed E-state index contributed by atoms with van der Waals surface area (Å²) >= 11 is 0. The molecule has 6 rings (SSSR count). The third kappa shape index (κ3) is 3.47. The van der Waals surface area contributed by atoms with Crippen LogP contribution in [0.1, 0.15) is 22.7 Å². The lowest BCUT2D eigenvalue weighted by Crippen LogP contribution is -2.37. The number of rotatable bonds is 4. The summed E-state index contributed by atoms with van der Waals surface area (Å²) in [6.07, 6.45) is 3.49. The molecule has 5 aromatic rings. The molecule has 3 aromatic carbocycles. The van der Waals surface area contributed by atoms with Crippen molar-refractivity contribution in [1.82, 2.24) is 25.6 Å². The summed E-state index contributed by atoms with van der Waals surface area (Å²) in [6.45, 7) is 0.306. The van der Waals surface area contributed by atoms with E-state index in [1.54, 1.807) is 24.5 Å². The molecule has 2 aromatic heterocycles. The van der Waals surface area contributed by atoms with Crippen molar-refractivity contribution in [2.24, 2.45) is 0 Å². The predicted octanol–water partition coefficient (Wildman–Crippen LogP) is 5.33. The smallest absolute Gasteiger partial charge is 0.315 e. The molecule has 0 fully saturated rings. The zero-order chi connectivity index (χ0) is 23.1. The summed E-state index contributed by atoms with van der Waals surface area (Å²) in [6, 6.07) is 21.5. The average Bonchev–Trinajstić information content (AvgIpc) is 3.44. The fourth-order valence-corrected chi connectivity index (χ4v) is 4.56. The van der Waals surface area contributed by atoms with Gasteiger partial charge in [0.05, 0.1) is 23.3 Å². The fourth-order valence-electron chi connectivity index (χ4n) is 4.56. The molecule has 2 heterocycles. The highest BCUT2D eigenvalue weighted by Gasteiger charge is 2.32. The Morgan fingerprint density at radius 2 is 1.74 bits per heavy atom. The molecule has 0 aliphatic heterocycles. The van der Waals surface area contributed by atoms with Crippen molar-refractivity contribution in [2.45, 2.75) is 12.6 Å². The minimum Gasteiger partial charge on any atom is -0.337 e. The van der Waals surface area contributed by atoms with Crippen LogP contribution in [0, 0.1) is 5.82 Å². The van der Waals surface area contributed by atoms with E-state index < -0.39 is 0 Å². The van der Waals surface area contributed by atoms with E-state index in [9.17, 15) is 9.18 Å². The topological polar surface area (TPSA) is 82.7 Å². The Kier molecular flexibility index (Phi) is 4.80. The highest BCUT2D eigenvalue weighted by Crippen LogP contribution is 2.47. The maximum absolute atomic E-state index is 13.1. The third-order valence-corrected chi connectivity index (χ3v) is 6.13. The van der Waals surface area contributed by atoms with Crippen molar-refractivity contribution in [3.8, 4) is 22.5 Å². The number of hydrogen-bond donors (Lipinski definition) is 3. The van der Waals surface area contributed by atoms with Crippen LogP contribution < -0.4 is 10.6 Å². The molecule has 7 heteroatoms. The third-order valence-electron chi connectivity index (χ3n) is 6.13. The molecule has 0 spiro atoms.